The number of aromatic nitrogens is 2. The lowest BCUT2D eigenvalue weighted by atomic mass is 10.2. The van der Waals surface area contributed by atoms with Crippen LogP contribution in [0.3, 0.4) is 0 Å². The van der Waals surface area contributed by atoms with Gasteiger partial charge >= 0.3 is 12.1 Å². The molecule has 2 rings (SSSR count). The van der Waals surface area contributed by atoms with Gasteiger partial charge in [-0.2, -0.15) is 13.2 Å². The molecule has 0 aliphatic heterocycles. The summed E-state index contributed by atoms with van der Waals surface area (Å²) in [4.78, 5) is 11.1. The molecular formula is C13H11F3N2O3. The van der Waals surface area contributed by atoms with E-state index in [1.165, 1.54) is 23.0 Å². The van der Waals surface area contributed by atoms with Crippen LogP contribution in [0.4, 0.5) is 13.2 Å². The number of carbonyl (C=O) groups is 1. The standard InChI is InChI=1S/C13H11F3N2O3/c1-2-18-7-10(12(19)20)11(17-18)21-9-5-3-4-8(6-9)13(14,15)16/h3-7H,2H2,1H3,(H,19,20). The normalized spacial score (nSPS) is 11.4. The van der Waals surface area contributed by atoms with E-state index in [4.69, 9.17) is 9.84 Å². The third kappa shape index (κ3) is 3.33. The molecule has 0 bridgehead atoms. The van der Waals surface area contributed by atoms with Gasteiger partial charge in [0.1, 0.15) is 11.3 Å². The molecule has 21 heavy (non-hydrogen) atoms. The second kappa shape index (κ2) is 5.47. The SMILES string of the molecule is CCn1cc(C(=O)O)c(Oc2cccc(C(F)(F)F)c2)n1. The molecule has 5 nitrogen and oxygen atoms in total. The average Bonchev–Trinajstić information content (AvgIpc) is 2.81. The quantitative estimate of drug-likeness (QED) is 0.939. The Hall–Kier alpha value is -2.51. The number of carboxylic acid groups (broad SMARTS) is 1. The van der Waals surface area contributed by atoms with Crippen molar-refractivity contribution in [1.29, 1.82) is 0 Å². The molecule has 0 radical (unpaired) electrons. The summed E-state index contributed by atoms with van der Waals surface area (Å²) in [5, 5.41) is 12.9. The minimum Gasteiger partial charge on any atom is -0.477 e. The maximum atomic E-state index is 12.6. The number of hydrogen-bond acceptors (Lipinski definition) is 3. The molecule has 0 saturated carbocycles. The summed E-state index contributed by atoms with van der Waals surface area (Å²) in [6.07, 6.45) is -3.25. The van der Waals surface area contributed by atoms with Crippen molar-refractivity contribution in [3.05, 3.63) is 41.6 Å². The molecular weight excluding hydrogens is 289 g/mol. The number of ether oxygens (including phenoxy) is 1. The van der Waals surface area contributed by atoms with Crippen LogP contribution in [0.15, 0.2) is 30.5 Å². The minimum absolute atomic E-state index is 0.131. The van der Waals surface area contributed by atoms with Crippen LogP contribution in [0.2, 0.25) is 0 Å². The van der Waals surface area contributed by atoms with Gasteiger partial charge in [0, 0.05) is 12.7 Å². The number of benzene rings is 1. The predicted octanol–water partition coefficient (Wildman–Crippen LogP) is 3.41. The van der Waals surface area contributed by atoms with E-state index in [1.807, 2.05) is 0 Å². The van der Waals surface area contributed by atoms with E-state index >= 15 is 0 Å². The number of hydrogen-bond donors (Lipinski definition) is 1. The molecule has 0 aliphatic rings. The van der Waals surface area contributed by atoms with Crippen LogP contribution < -0.4 is 4.74 Å². The monoisotopic (exact) mass is 300 g/mol. The number of halogens is 3. The number of aromatic carboxylic acids is 1. The summed E-state index contributed by atoms with van der Waals surface area (Å²) in [7, 11) is 0. The van der Waals surface area contributed by atoms with Gasteiger partial charge in [0.15, 0.2) is 0 Å². The van der Waals surface area contributed by atoms with Crippen LogP contribution >= 0.6 is 0 Å². The molecule has 112 valence electrons. The molecule has 0 unspecified atom stereocenters. The van der Waals surface area contributed by atoms with E-state index in [0.717, 1.165) is 12.1 Å². The fourth-order valence-electron chi connectivity index (χ4n) is 1.64. The van der Waals surface area contributed by atoms with Gasteiger partial charge in [-0.25, -0.2) is 4.79 Å². The molecule has 1 N–H and O–H groups in total. The topological polar surface area (TPSA) is 64.4 Å². The summed E-state index contributed by atoms with van der Waals surface area (Å²) >= 11 is 0. The number of aryl methyl sites for hydroxylation is 1. The number of rotatable bonds is 4. The van der Waals surface area contributed by atoms with Crippen LogP contribution in [0.1, 0.15) is 22.8 Å². The average molecular weight is 300 g/mol. The zero-order chi connectivity index (χ0) is 15.6. The van der Waals surface area contributed by atoms with Crippen molar-refractivity contribution < 1.29 is 27.8 Å². The predicted molar refractivity (Wildman–Crippen MR) is 66.4 cm³/mol. The Balaban J connectivity index is 2.34. The summed E-state index contributed by atoms with van der Waals surface area (Å²) in [5.41, 5.74) is -1.10. The molecule has 0 saturated heterocycles. The van der Waals surface area contributed by atoms with Gasteiger partial charge < -0.3 is 9.84 Å². The third-order valence-corrected chi connectivity index (χ3v) is 2.66. The summed E-state index contributed by atoms with van der Waals surface area (Å²) < 4.78 is 44.3. The van der Waals surface area contributed by atoms with E-state index in [2.05, 4.69) is 5.10 Å². The van der Waals surface area contributed by atoms with Gasteiger partial charge in [0.05, 0.1) is 5.56 Å². The van der Waals surface area contributed by atoms with Crippen molar-refractivity contribution in [3.63, 3.8) is 0 Å². The van der Waals surface area contributed by atoms with Crippen molar-refractivity contribution in [3.8, 4) is 11.6 Å². The Labute approximate surface area is 117 Å². The largest absolute Gasteiger partial charge is 0.477 e. The van der Waals surface area contributed by atoms with Gasteiger partial charge in [-0.1, -0.05) is 6.07 Å². The van der Waals surface area contributed by atoms with E-state index in [9.17, 15) is 18.0 Å². The Bertz CT molecular complexity index is 665. The van der Waals surface area contributed by atoms with Crippen LogP contribution in [-0.2, 0) is 12.7 Å². The van der Waals surface area contributed by atoms with Crippen LogP contribution in [0, 0.1) is 0 Å². The van der Waals surface area contributed by atoms with E-state index < -0.39 is 17.7 Å². The van der Waals surface area contributed by atoms with Crippen LogP contribution in [0.25, 0.3) is 0 Å². The first-order valence-corrected chi connectivity index (χ1v) is 5.97. The third-order valence-electron chi connectivity index (χ3n) is 2.66. The lowest BCUT2D eigenvalue weighted by Gasteiger charge is -2.08. The smallest absolute Gasteiger partial charge is 0.416 e. The van der Waals surface area contributed by atoms with E-state index in [1.54, 1.807) is 6.92 Å². The van der Waals surface area contributed by atoms with Crippen molar-refractivity contribution >= 4 is 5.97 Å². The Morgan fingerprint density at radius 3 is 2.71 bits per heavy atom. The van der Waals surface area contributed by atoms with E-state index in [-0.39, 0.29) is 17.2 Å². The molecule has 1 heterocycles. The second-order valence-corrected chi connectivity index (χ2v) is 4.14. The highest BCUT2D eigenvalue weighted by Crippen LogP contribution is 2.33. The van der Waals surface area contributed by atoms with Crippen molar-refractivity contribution in [2.45, 2.75) is 19.6 Å². The first kappa shape index (κ1) is 14.9. The number of nitrogens with zero attached hydrogens (tertiary/aromatic N) is 2. The lowest BCUT2D eigenvalue weighted by molar-refractivity contribution is -0.137. The van der Waals surface area contributed by atoms with Crippen molar-refractivity contribution in [2.75, 3.05) is 0 Å². The lowest BCUT2D eigenvalue weighted by Crippen LogP contribution is -2.05. The molecule has 0 aliphatic carbocycles. The van der Waals surface area contributed by atoms with Crippen LogP contribution in [-0.4, -0.2) is 20.9 Å². The van der Waals surface area contributed by atoms with Crippen LogP contribution in [0.5, 0.6) is 11.6 Å². The van der Waals surface area contributed by atoms with Crippen molar-refractivity contribution in [1.82, 2.24) is 9.78 Å². The summed E-state index contributed by atoms with van der Waals surface area (Å²) in [5.74, 6) is -1.64. The Kier molecular flexibility index (Phi) is 3.88. The highest BCUT2D eigenvalue weighted by Gasteiger charge is 2.30. The molecule has 0 fully saturated rings. The maximum Gasteiger partial charge on any atom is 0.416 e. The number of carboxylic acids is 1. The molecule has 0 amide bonds. The van der Waals surface area contributed by atoms with Gasteiger partial charge in [-0.15, -0.1) is 5.10 Å². The zero-order valence-corrected chi connectivity index (χ0v) is 10.9. The summed E-state index contributed by atoms with van der Waals surface area (Å²) in [6.45, 7) is 2.15. The highest BCUT2D eigenvalue weighted by molar-refractivity contribution is 5.90. The fourth-order valence-corrected chi connectivity index (χ4v) is 1.64. The summed E-state index contributed by atoms with van der Waals surface area (Å²) in [6, 6.07) is 4.16. The van der Waals surface area contributed by atoms with E-state index in [0.29, 0.717) is 6.54 Å². The first-order chi connectivity index (χ1) is 9.81. The minimum atomic E-state index is -4.50. The molecule has 0 spiro atoms. The van der Waals surface area contributed by atoms with Crippen molar-refractivity contribution in [2.24, 2.45) is 0 Å². The maximum absolute atomic E-state index is 12.6. The zero-order valence-electron chi connectivity index (χ0n) is 10.9. The number of alkyl halides is 3. The fraction of sp³-hybridized carbons (Fsp3) is 0.231. The Morgan fingerprint density at radius 1 is 1.43 bits per heavy atom. The first-order valence-electron chi connectivity index (χ1n) is 5.97. The molecule has 2 aromatic rings. The molecule has 1 aromatic heterocycles. The molecule has 1 aromatic carbocycles. The molecule has 8 heteroatoms. The Morgan fingerprint density at radius 2 is 2.14 bits per heavy atom. The van der Waals surface area contributed by atoms with Gasteiger partial charge in [0.25, 0.3) is 5.88 Å². The van der Waals surface area contributed by atoms with Gasteiger partial charge in [0.2, 0.25) is 0 Å². The highest BCUT2D eigenvalue weighted by atomic mass is 19.4. The van der Waals surface area contributed by atoms with Gasteiger partial charge in [-0.3, -0.25) is 4.68 Å². The second-order valence-electron chi connectivity index (χ2n) is 4.14. The van der Waals surface area contributed by atoms with Gasteiger partial charge in [-0.05, 0) is 25.1 Å². The molecule has 0 atom stereocenters.